The lowest BCUT2D eigenvalue weighted by Crippen LogP contribution is -2.59. The van der Waals surface area contributed by atoms with Crippen molar-refractivity contribution in [3.05, 3.63) is 35.5 Å². The minimum absolute atomic E-state index is 0.0274. The highest BCUT2D eigenvalue weighted by molar-refractivity contribution is 7.14. The van der Waals surface area contributed by atoms with E-state index in [1.807, 2.05) is 36.1 Å². The maximum absolute atomic E-state index is 13.2. The minimum Gasteiger partial charge on any atom is -0.318 e. The third kappa shape index (κ3) is 4.81. The molecule has 3 aromatic rings. The molecule has 0 saturated carbocycles. The summed E-state index contributed by atoms with van der Waals surface area (Å²) in [4.78, 5) is 19.5. The summed E-state index contributed by atoms with van der Waals surface area (Å²) in [5.74, 6) is 0.495. The number of urea groups is 1. The lowest BCUT2D eigenvalue weighted by molar-refractivity contribution is 0.0548. The number of alkyl halides is 2. The highest BCUT2D eigenvalue weighted by Gasteiger charge is 2.41. The van der Waals surface area contributed by atoms with Crippen molar-refractivity contribution in [3.63, 3.8) is 0 Å². The second-order valence-electron chi connectivity index (χ2n) is 8.80. The molecule has 5 rings (SSSR count). The standard InChI is InChI=1S/C23H26F2N6OS/c1-13-29-30-22(33-13)14-5-6-15-11-27-21(8-16(15)7-14)28-23(32)31-18-3-2-4-19(31)10-17(9-18)26-12-20(24)25/h5-8,11,17-20,26H,2-4,9-10,12H2,1H3,(H,27,28,32)/t17?,18-,19+. The predicted molar refractivity (Wildman–Crippen MR) is 125 cm³/mol. The van der Waals surface area contributed by atoms with Crippen molar-refractivity contribution in [2.75, 3.05) is 11.9 Å². The van der Waals surface area contributed by atoms with E-state index >= 15 is 0 Å². The smallest absolute Gasteiger partial charge is 0.318 e. The fourth-order valence-electron chi connectivity index (χ4n) is 5.07. The summed E-state index contributed by atoms with van der Waals surface area (Å²) >= 11 is 1.54. The maximum atomic E-state index is 13.2. The third-order valence-electron chi connectivity index (χ3n) is 6.50. The normalized spacial score (nSPS) is 22.7. The second-order valence-corrected chi connectivity index (χ2v) is 9.98. The van der Waals surface area contributed by atoms with E-state index in [0.29, 0.717) is 18.7 Å². The maximum Gasteiger partial charge on any atom is 0.323 e. The van der Waals surface area contributed by atoms with Crippen molar-refractivity contribution in [3.8, 4) is 10.6 Å². The van der Waals surface area contributed by atoms with Gasteiger partial charge in [0, 0.05) is 35.3 Å². The Morgan fingerprint density at radius 3 is 2.67 bits per heavy atom. The topological polar surface area (TPSA) is 83.0 Å². The molecule has 3 atom stereocenters. The lowest BCUT2D eigenvalue weighted by atomic mass is 9.82. The van der Waals surface area contributed by atoms with E-state index in [1.54, 1.807) is 6.20 Å². The van der Waals surface area contributed by atoms with Crippen molar-refractivity contribution < 1.29 is 13.6 Å². The number of amides is 2. The molecule has 2 N–H and O–H groups in total. The van der Waals surface area contributed by atoms with E-state index in [4.69, 9.17) is 0 Å². The Morgan fingerprint density at radius 1 is 1.18 bits per heavy atom. The molecule has 174 valence electrons. The first-order chi connectivity index (χ1) is 16.0. The Labute approximate surface area is 194 Å². The van der Waals surface area contributed by atoms with Gasteiger partial charge in [0.05, 0.1) is 6.54 Å². The Bertz CT molecular complexity index is 1140. The molecule has 0 aliphatic carbocycles. The summed E-state index contributed by atoms with van der Waals surface area (Å²) in [7, 11) is 0. The molecule has 1 aromatic carbocycles. The van der Waals surface area contributed by atoms with E-state index in [0.717, 1.165) is 45.6 Å². The predicted octanol–water partition coefficient (Wildman–Crippen LogP) is 4.83. The first-order valence-corrected chi connectivity index (χ1v) is 12.1. The Kier molecular flexibility index (Phi) is 6.20. The molecular formula is C23H26F2N6OS. The molecule has 0 spiro atoms. The number of carbonyl (C=O) groups is 1. The van der Waals surface area contributed by atoms with Crippen LogP contribution in [0.3, 0.4) is 0 Å². The summed E-state index contributed by atoms with van der Waals surface area (Å²) in [6.07, 6.45) is 3.64. The number of piperidine rings is 2. The highest BCUT2D eigenvalue weighted by atomic mass is 32.1. The summed E-state index contributed by atoms with van der Waals surface area (Å²) < 4.78 is 25.2. The van der Waals surface area contributed by atoms with Gasteiger partial charge >= 0.3 is 6.03 Å². The zero-order valence-electron chi connectivity index (χ0n) is 18.3. The first-order valence-electron chi connectivity index (χ1n) is 11.3. The summed E-state index contributed by atoms with van der Waals surface area (Å²) in [5, 5.41) is 17.9. The summed E-state index contributed by atoms with van der Waals surface area (Å²) in [6, 6.07) is 7.86. The average molecular weight is 473 g/mol. The quantitative estimate of drug-likeness (QED) is 0.556. The molecule has 1 unspecified atom stereocenters. The van der Waals surface area contributed by atoms with Gasteiger partial charge in [-0.05, 0) is 56.5 Å². The molecule has 4 heterocycles. The van der Waals surface area contributed by atoms with Crippen LogP contribution in [0.15, 0.2) is 30.5 Å². The Balaban J connectivity index is 1.31. The monoisotopic (exact) mass is 472 g/mol. The molecule has 2 fully saturated rings. The number of aromatic nitrogens is 3. The van der Waals surface area contributed by atoms with Crippen molar-refractivity contribution in [1.82, 2.24) is 25.4 Å². The fourth-order valence-corrected chi connectivity index (χ4v) is 5.75. The summed E-state index contributed by atoms with van der Waals surface area (Å²) in [5.41, 5.74) is 0.976. The number of aryl methyl sites for hydroxylation is 1. The second kappa shape index (κ2) is 9.26. The number of rotatable bonds is 5. The molecule has 2 saturated heterocycles. The van der Waals surface area contributed by atoms with E-state index in [1.165, 1.54) is 11.3 Å². The summed E-state index contributed by atoms with van der Waals surface area (Å²) in [6.45, 7) is 1.63. The van der Waals surface area contributed by atoms with E-state index < -0.39 is 6.43 Å². The average Bonchev–Trinajstić information content (AvgIpc) is 3.22. The minimum atomic E-state index is -2.36. The molecule has 2 bridgehead atoms. The SMILES string of the molecule is Cc1nnc(-c2ccc3cnc(NC(=O)N4[C@@H]5CCC[C@H]4CC(NCC(F)F)C5)cc3c2)s1. The van der Waals surface area contributed by atoms with Crippen LogP contribution in [0, 0.1) is 6.92 Å². The largest absolute Gasteiger partial charge is 0.323 e. The van der Waals surface area contributed by atoms with Crippen LogP contribution in [0.5, 0.6) is 0 Å². The zero-order chi connectivity index (χ0) is 22.9. The molecule has 33 heavy (non-hydrogen) atoms. The lowest BCUT2D eigenvalue weighted by Gasteiger charge is -2.48. The van der Waals surface area contributed by atoms with Gasteiger partial charge in [0.2, 0.25) is 0 Å². The number of nitrogens with zero attached hydrogens (tertiary/aromatic N) is 4. The van der Waals surface area contributed by atoms with Crippen LogP contribution in [0.25, 0.3) is 21.3 Å². The number of carbonyl (C=O) groups excluding carboxylic acids is 1. The first kappa shape index (κ1) is 22.1. The molecule has 0 radical (unpaired) electrons. The molecule has 10 heteroatoms. The Morgan fingerprint density at radius 2 is 1.97 bits per heavy atom. The third-order valence-corrected chi connectivity index (χ3v) is 7.39. The van der Waals surface area contributed by atoms with E-state index in [-0.39, 0.29) is 30.7 Å². The van der Waals surface area contributed by atoms with Crippen molar-refractivity contribution in [2.24, 2.45) is 0 Å². The van der Waals surface area contributed by atoms with Crippen LogP contribution < -0.4 is 10.6 Å². The van der Waals surface area contributed by atoms with Gasteiger partial charge in [-0.3, -0.25) is 5.32 Å². The molecule has 2 aromatic heterocycles. The van der Waals surface area contributed by atoms with Crippen LogP contribution in [0.2, 0.25) is 0 Å². The molecule has 7 nitrogen and oxygen atoms in total. The molecule has 2 aliphatic heterocycles. The van der Waals surface area contributed by atoms with Gasteiger partial charge in [-0.25, -0.2) is 18.6 Å². The zero-order valence-corrected chi connectivity index (χ0v) is 19.1. The number of halogens is 2. The van der Waals surface area contributed by atoms with Gasteiger partial charge in [-0.2, -0.15) is 0 Å². The van der Waals surface area contributed by atoms with Crippen LogP contribution in [0.1, 0.15) is 37.1 Å². The van der Waals surface area contributed by atoms with Gasteiger partial charge < -0.3 is 10.2 Å². The number of nitrogens with one attached hydrogen (secondary N) is 2. The fraction of sp³-hybridized carbons (Fsp3) is 0.478. The number of benzene rings is 1. The van der Waals surface area contributed by atoms with Crippen LogP contribution in [-0.4, -0.2) is 57.2 Å². The van der Waals surface area contributed by atoms with E-state index in [9.17, 15) is 13.6 Å². The van der Waals surface area contributed by atoms with Crippen LogP contribution in [0.4, 0.5) is 19.4 Å². The molecular weight excluding hydrogens is 446 g/mol. The van der Waals surface area contributed by atoms with Crippen molar-refractivity contribution in [2.45, 2.75) is 63.6 Å². The van der Waals surface area contributed by atoms with Gasteiger partial charge in [-0.15, -0.1) is 10.2 Å². The number of hydrogen-bond donors (Lipinski definition) is 2. The van der Waals surface area contributed by atoms with Crippen LogP contribution in [-0.2, 0) is 0 Å². The van der Waals surface area contributed by atoms with Crippen LogP contribution >= 0.6 is 11.3 Å². The van der Waals surface area contributed by atoms with Gasteiger partial charge in [-0.1, -0.05) is 23.5 Å². The molecule has 2 aliphatic rings. The number of hydrogen-bond acceptors (Lipinski definition) is 6. The number of pyridine rings is 1. The molecule has 2 amide bonds. The van der Waals surface area contributed by atoms with Gasteiger partial charge in [0.15, 0.2) is 0 Å². The Hall–Kier alpha value is -2.72. The van der Waals surface area contributed by atoms with Crippen molar-refractivity contribution in [1.29, 1.82) is 0 Å². The highest BCUT2D eigenvalue weighted by Crippen LogP contribution is 2.35. The number of fused-ring (bicyclic) bond motifs is 3. The van der Waals surface area contributed by atoms with E-state index in [2.05, 4.69) is 25.8 Å². The number of anilines is 1. The van der Waals surface area contributed by atoms with Gasteiger partial charge in [0.1, 0.15) is 15.8 Å². The van der Waals surface area contributed by atoms with Gasteiger partial charge in [0.25, 0.3) is 6.43 Å². The van der Waals surface area contributed by atoms with Crippen molar-refractivity contribution >= 4 is 34.0 Å².